The molecule has 0 saturated heterocycles. The highest BCUT2D eigenvalue weighted by Gasteiger charge is 2.64. The van der Waals surface area contributed by atoms with Crippen LogP contribution in [0.25, 0.3) is 10.8 Å². The van der Waals surface area contributed by atoms with E-state index >= 15 is 0 Å². The summed E-state index contributed by atoms with van der Waals surface area (Å²) < 4.78 is 21.2. The van der Waals surface area contributed by atoms with E-state index in [1.165, 1.54) is 94.4 Å². The van der Waals surface area contributed by atoms with E-state index in [-0.39, 0.29) is 42.1 Å². The lowest BCUT2D eigenvalue weighted by Gasteiger charge is -2.58. The lowest BCUT2D eigenvalue weighted by Crippen LogP contribution is -2.64. The molecule has 8 heteroatoms. The van der Waals surface area contributed by atoms with Crippen molar-refractivity contribution in [1.82, 2.24) is 0 Å². The number of ether oxygens (including phenoxy) is 3. The van der Waals surface area contributed by atoms with Crippen LogP contribution in [0.5, 0.6) is 17.2 Å². The fourth-order valence-corrected chi connectivity index (χ4v) is 12.0. The monoisotopic (exact) mass is 882 g/mol. The summed E-state index contributed by atoms with van der Waals surface area (Å²) in [6.07, 6.45) is 29.2. The van der Waals surface area contributed by atoms with Crippen molar-refractivity contribution in [2.45, 2.75) is 166 Å². The van der Waals surface area contributed by atoms with Gasteiger partial charge in [-0.25, -0.2) is 0 Å². The zero-order chi connectivity index (χ0) is 44.1. The van der Waals surface area contributed by atoms with Crippen LogP contribution in [0.1, 0.15) is 160 Å². The number of fused-ring (bicyclic) bond motifs is 3. The van der Waals surface area contributed by atoms with Crippen molar-refractivity contribution < 1.29 is 29.3 Å². The minimum Gasteiger partial charge on any atom is -0.460 e. The maximum Gasteiger partial charge on any atom is 0.230 e. The number of benzene rings is 3. The van der Waals surface area contributed by atoms with E-state index in [0.717, 1.165) is 84.6 Å². The van der Waals surface area contributed by atoms with Gasteiger partial charge in [-0.1, -0.05) is 151 Å². The number of nitrogens with zero attached hydrogens (tertiary/aromatic N) is 1. The van der Waals surface area contributed by atoms with E-state index in [2.05, 4.69) is 68.1 Å². The maximum atomic E-state index is 9.98. The van der Waals surface area contributed by atoms with E-state index < -0.39 is 5.79 Å². The molecule has 3 aromatic carbocycles. The number of rotatable bonds is 31. The van der Waals surface area contributed by atoms with Crippen LogP contribution in [0, 0.1) is 17.8 Å². The molecule has 2 N–H and O–H groups in total. The maximum absolute atomic E-state index is 9.98. The fraction of sp³-hybridized carbons (Fsp3) is 0.618. The predicted octanol–water partition coefficient (Wildman–Crippen LogP) is 14.5. The highest BCUT2D eigenvalue weighted by molar-refractivity contribution is 8.00. The Labute approximate surface area is 384 Å². The summed E-state index contributed by atoms with van der Waals surface area (Å²) in [5, 5.41) is 27.0. The van der Waals surface area contributed by atoms with Gasteiger partial charge in [0.05, 0.1) is 23.5 Å². The summed E-state index contributed by atoms with van der Waals surface area (Å²) in [6.45, 7) is 9.62. The Morgan fingerprint density at radius 1 is 0.762 bits per heavy atom. The fourth-order valence-electron chi connectivity index (χ4n) is 10.6. The number of aliphatic hydroxyl groups excluding tert-OH is 2. The van der Waals surface area contributed by atoms with Crippen molar-refractivity contribution in [2.24, 2.45) is 22.9 Å². The van der Waals surface area contributed by atoms with Crippen molar-refractivity contribution in [3.63, 3.8) is 0 Å². The average molecular weight is 882 g/mol. The minimum atomic E-state index is -0.949. The Morgan fingerprint density at radius 3 is 2.10 bits per heavy atom. The summed E-state index contributed by atoms with van der Waals surface area (Å²) in [6, 6.07) is 21.0. The van der Waals surface area contributed by atoms with Crippen LogP contribution in [0.2, 0.25) is 0 Å². The molecule has 1 heterocycles. The van der Waals surface area contributed by atoms with Gasteiger partial charge < -0.3 is 29.3 Å². The van der Waals surface area contributed by atoms with E-state index in [0.29, 0.717) is 19.6 Å². The number of thioether (sulfide) groups is 1. The molecule has 0 spiro atoms. The second-order valence-electron chi connectivity index (χ2n) is 18.2. The Bertz CT molecular complexity index is 1880. The summed E-state index contributed by atoms with van der Waals surface area (Å²) in [5.41, 5.74) is 3.31. The van der Waals surface area contributed by atoms with Crippen LogP contribution in [0.4, 0.5) is 0 Å². The highest BCUT2D eigenvalue weighted by Crippen LogP contribution is 2.62. The van der Waals surface area contributed by atoms with Gasteiger partial charge in [-0.05, 0) is 103 Å². The summed E-state index contributed by atoms with van der Waals surface area (Å²) in [5.74, 6) is 2.88. The highest BCUT2D eigenvalue weighted by atomic mass is 32.2. The smallest absolute Gasteiger partial charge is 0.230 e. The number of hydrogen-bond donors (Lipinski definition) is 2. The molecule has 0 aromatic heterocycles. The predicted molar refractivity (Wildman–Crippen MR) is 263 cm³/mol. The topological polar surface area (TPSA) is 89.7 Å². The zero-order valence-corrected chi connectivity index (χ0v) is 39.6. The second kappa shape index (κ2) is 26.6. The molecular formula is C55H79NO6S. The molecule has 3 aliphatic rings. The van der Waals surface area contributed by atoms with Crippen molar-refractivity contribution in [3.05, 3.63) is 90.5 Å². The van der Waals surface area contributed by atoms with Crippen LogP contribution in [-0.4, -0.2) is 59.1 Å². The van der Waals surface area contributed by atoms with E-state index in [9.17, 15) is 10.2 Å². The molecule has 63 heavy (non-hydrogen) atoms. The molecule has 1 aliphatic heterocycles. The first-order valence-electron chi connectivity index (χ1n) is 25.1. The van der Waals surface area contributed by atoms with Crippen LogP contribution >= 0.6 is 11.8 Å². The van der Waals surface area contributed by atoms with Crippen molar-refractivity contribution in [3.8, 4) is 17.2 Å². The molecular weight excluding hydrogens is 803 g/mol. The molecule has 1 fully saturated rings. The molecule has 0 radical (unpaired) electrons. The second-order valence-corrected chi connectivity index (χ2v) is 19.6. The lowest BCUT2D eigenvalue weighted by atomic mass is 9.56. The van der Waals surface area contributed by atoms with Crippen LogP contribution in [0.3, 0.4) is 0 Å². The summed E-state index contributed by atoms with van der Waals surface area (Å²) in [7, 11) is 0. The van der Waals surface area contributed by atoms with E-state index in [1.807, 2.05) is 36.9 Å². The van der Waals surface area contributed by atoms with E-state index in [4.69, 9.17) is 24.2 Å². The van der Waals surface area contributed by atoms with Gasteiger partial charge >= 0.3 is 0 Å². The normalized spacial score (nSPS) is 23.2. The number of aliphatic hydroxyl groups is 2. The number of unbranched alkanes of at least 4 members (excludes halogenated alkanes) is 15. The largest absolute Gasteiger partial charge is 0.460 e. The third-order valence-electron chi connectivity index (χ3n) is 13.7. The minimum absolute atomic E-state index is 0.0195. The SMILES string of the molecule is C=CCO[C@@]12Oc3ccc(Oc4ccc5ccccc5c4)cc3[C@H]3[C@H](CCCCO)[C@@H](CCCCO)C=C(C(=NOCC)C[C@@H]1SCCCCCCCCCCCCCCCC)[C@H]32. The molecule has 0 amide bonds. The molecule has 6 rings (SSSR count). The molecule has 346 valence electrons. The van der Waals surface area contributed by atoms with Gasteiger partial charge in [0.1, 0.15) is 23.9 Å². The average Bonchev–Trinajstić information content (AvgIpc) is 3.30. The van der Waals surface area contributed by atoms with Crippen molar-refractivity contribution >= 4 is 28.2 Å². The van der Waals surface area contributed by atoms with Crippen molar-refractivity contribution in [1.29, 1.82) is 0 Å². The van der Waals surface area contributed by atoms with Gasteiger partial charge in [0.25, 0.3) is 0 Å². The van der Waals surface area contributed by atoms with Crippen LogP contribution in [-0.2, 0) is 9.57 Å². The Balaban J connectivity index is 1.26. The van der Waals surface area contributed by atoms with E-state index in [1.54, 1.807) is 0 Å². The Hall–Kier alpha value is -3.30. The lowest BCUT2D eigenvalue weighted by molar-refractivity contribution is -0.223. The first-order chi connectivity index (χ1) is 31.1. The van der Waals surface area contributed by atoms with Crippen LogP contribution in [0.15, 0.2) is 90.1 Å². The standard InChI is InChI=1S/C55H79NO6S/c1-4-7-8-9-10-11-12-13-14-15-16-17-18-25-37-63-52-41-50(56-60-6-3)48-39-44(28-21-23-34-57)47(29-22-24-35-58)53-49-40-46(61-45-31-30-42-26-19-20-27-43(42)38-45)32-33-51(49)62-55(52,54(48)53)59-36-5-2/h5,19-20,26-27,30-33,38-40,44,47,52-54,57-58H,2,4,6-18,21-25,28-29,34-37,41H2,1,3H3/t44-,47+,52-,53+,54+,55+/m0/s1. The quantitative estimate of drug-likeness (QED) is 0.0378. The molecule has 0 bridgehead atoms. The first kappa shape index (κ1) is 49.1. The van der Waals surface area contributed by atoms with Crippen molar-refractivity contribution in [2.75, 3.05) is 32.2 Å². The molecule has 6 atom stereocenters. The third kappa shape index (κ3) is 13.4. The zero-order valence-electron chi connectivity index (χ0n) is 38.8. The Kier molecular flexibility index (Phi) is 20.8. The summed E-state index contributed by atoms with van der Waals surface area (Å²) in [4.78, 5) is 5.92. The van der Waals surface area contributed by atoms with Crippen LogP contribution < -0.4 is 9.47 Å². The molecule has 2 aliphatic carbocycles. The number of hydrogen-bond acceptors (Lipinski definition) is 8. The van der Waals surface area contributed by atoms with Gasteiger partial charge in [-0.15, -0.1) is 6.58 Å². The third-order valence-corrected chi connectivity index (χ3v) is 15.1. The molecule has 1 saturated carbocycles. The Morgan fingerprint density at radius 2 is 1.41 bits per heavy atom. The van der Waals surface area contributed by atoms with Gasteiger partial charge in [0.2, 0.25) is 5.79 Å². The number of oxime groups is 1. The number of allylic oxidation sites excluding steroid dienone is 1. The molecule has 7 nitrogen and oxygen atoms in total. The molecule has 0 unspecified atom stereocenters. The van der Waals surface area contributed by atoms with Gasteiger partial charge in [0, 0.05) is 31.1 Å². The summed E-state index contributed by atoms with van der Waals surface area (Å²) >= 11 is 1.98. The van der Waals surface area contributed by atoms with Gasteiger partial charge in [-0.2, -0.15) is 11.8 Å². The molecule has 3 aromatic rings. The van der Waals surface area contributed by atoms with Gasteiger partial charge in [0.15, 0.2) is 0 Å². The van der Waals surface area contributed by atoms with Gasteiger partial charge in [-0.3, -0.25) is 0 Å². The first-order valence-corrected chi connectivity index (χ1v) is 26.1.